The molecule has 0 atom stereocenters. The fraction of sp³-hybridized carbons (Fsp3) is 0.375. The van der Waals surface area contributed by atoms with Crippen molar-refractivity contribution in [1.82, 2.24) is 10.6 Å². The number of carbonyl (C=O) groups is 2. The quantitative estimate of drug-likeness (QED) is 0.825. The maximum atomic E-state index is 11.6. The average molecular weight is 274 g/mol. The van der Waals surface area contributed by atoms with Gasteiger partial charge < -0.3 is 10.6 Å². The normalized spacial score (nSPS) is 11.4. The maximum absolute atomic E-state index is 11.6. The van der Waals surface area contributed by atoms with E-state index in [1.165, 1.54) is 11.6 Å². The minimum absolute atomic E-state index is 0.0195. The largest absolute Gasteiger partial charge is 0.350 e. The van der Waals surface area contributed by atoms with Gasteiger partial charge in [-0.3, -0.25) is 9.59 Å². The molecule has 1 rings (SSSR count). The van der Waals surface area contributed by atoms with E-state index >= 15 is 0 Å². The van der Waals surface area contributed by atoms with Crippen LogP contribution in [0.5, 0.6) is 0 Å². The topological polar surface area (TPSA) is 58.2 Å². The molecule has 108 valence electrons. The molecule has 0 bridgehead atoms. The predicted octanol–water partition coefficient (Wildman–Crippen LogP) is 2.04. The number of rotatable bonds is 4. The van der Waals surface area contributed by atoms with Crippen molar-refractivity contribution < 1.29 is 9.59 Å². The lowest BCUT2D eigenvalue weighted by molar-refractivity contribution is -0.124. The lowest BCUT2D eigenvalue weighted by Gasteiger charge is -2.20. The van der Waals surface area contributed by atoms with E-state index in [1.54, 1.807) is 6.08 Å². The van der Waals surface area contributed by atoms with Crippen LogP contribution in [0.4, 0.5) is 0 Å². The summed E-state index contributed by atoms with van der Waals surface area (Å²) in [4.78, 5) is 23.1. The third-order valence-corrected chi connectivity index (χ3v) is 2.44. The van der Waals surface area contributed by atoms with Gasteiger partial charge in [0, 0.05) is 11.6 Å². The molecule has 0 aromatic heterocycles. The van der Waals surface area contributed by atoms with E-state index in [0.717, 1.165) is 5.56 Å². The standard InChI is InChI=1S/C16H22N2O2/c1-12-5-7-13(8-6-12)9-10-14(19)17-11-15(20)18-16(2,3)4/h5-10H,11H2,1-4H3,(H,17,19)(H,18,20). The minimum atomic E-state index is -0.292. The summed E-state index contributed by atoms with van der Waals surface area (Å²) in [5.41, 5.74) is 1.83. The molecule has 20 heavy (non-hydrogen) atoms. The predicted molar refractivity (Wildman–Crippen MR) is 81.1 cm³/mol. The summed E-state index contributed by atoms with van der Waals surface area (Å²) in [6.07, 6.45) is 3.14. The Hall–Kier alpha value is -2.10. The van der Waals surface area contributed by atoms with Gasteiger partial charge in [0.15, 0.2) is 0 Å². The van der Waals surface area contributed by atoms with Crippen molar-refractivity contribution in [2.75, 3.05) is 6.54 Å². The lowest BCUT2D eigenvalue weighted by atomic mass is 10.1. The summed E-state index contributed by atoms with van der Waals surface area (Å²) in [7, 11) is 0. The van der Waals surface area contributed by atoms with Crippen LogP contribution in [0.1, 0.15) is 31.9 Å². The molecule has 1 aromatic carbocycles. The highest BCUT2D eigenvalue weighted by Gasteiger charge is 2.13. The maximum Gasteiger partial charge on any atom is 0.244 e. The van der Waals surface area contributed by atoms with Crippen molar-refractivity contribution in [3.63, 3.8) is 0 Å². The lowest BCUT2D eigenvalue weighted by Crippen LogP contribution is -2.45. The van der Waals surface area contributed by atoms with Crippen LogP contribution in [0.2, 0.25) is 0 Å². The van der Waals surface area contributed by atoms with Crippen LogP contribution in [0.3, 0.4) is 0 Å². The number of benzene rings is 1. The SMILES string of the molecule is Cc1ccc(C=CC(=O)NCC(=O)NC(C)(C)C)cc1. The van der Waals surface area contributed by atoms with E-state index in [1.807, 2.05) is 52.0 Å². The second-order valence-corrected chi connectivity index (χ2v) is 5.76. The number of amides is 2. The fourth-order valence-corrected chi connectivity index (χ4v) is 1.54. The Labute approximate surface area is 120 Å². The minimum Gasteiger partial charge on any atom is -0.350 e. The van der Waals surface area contributed by atoms with Gasteiger partial charge in [-0.2, -0.15) is 0 Å². The molecule has 0 saturated heterocycles. The smallest absolute Gasteiger partial charge is 0.244 e. The van der Waals surface area contributed by atoms with Crippen LogP contribution < -0.4 is 10.6 Å². The van der Waals surface area contributed by atoms with E-state index in [9.17, 15) is 9.59 Å². The molecule has 0 aliphatic rings. The molecule has 4 heteroatoms. The van der Waals surface area contributed by atoms with E-state index in [2.05, 4.69) is 10.6 Å². The summed E-state index contributed by atoms with van der Waals surface area (Å²) in [6.45, 7) is 7.67. The Morgan fingerprint density at radius 3 is 2.30 bits per heavy atom. The zero-order chi connectivity index (χ0) is 15.2. The molecular weight excluding hydrogens is 252 g/mol. The Kier molecular flexibility index (Phi) is 5.50. The van der Waals surface area contributed by atoms with Crippen LogP contribution in [0.15, 0.2) is 30.3 Å². The third-order valence-electron chi connectivity index (χ3n) is 2.44. The molecule has 4 nitrogen and oxygen atoms in total. The van der Waals surface area contributed by atoms with Gasteiger partial charge in [0.25, 0.3) is 0 Å². The molecule has 0 saturated carbocycles. The first-order chi connectivity index (χ1) is 9.26. The summed E-state index contributed by atoms with van der Waals surface area (Å²) >= 11 is 0. The van der Waals surface area contributed by atoms with Gasteiger partial charge >= 0.3 is 0 Å². The number of nitrogens with one attached hydrogen (secondary N) is 2. The van der Waals surface area contributed by atoms with Gasteiger partial charge in [0.2, 0.25) is 11.8 Å². The van der Waals surface area contributed by atoms with E-state index < -0.39 is 0 Å². The highest BCUT2D eigenvalue weighted by Crippen LogP contribution is 2.04. The number of hydrogen-bond acceptors (Lipinski definition) is 2. The zero-order valence-electron chi connectivity index (χ0n) is 12.5. The molecular formula is C16H22N2O2. The van der Waals surface area contributed by atoms with Crippen molar-refractivity contribution >= 4 is 17.9 Å². The van der Waals surface area contributed by atoms with Gasteiger partial charge in [-0.15, -0.1) is 0 Å². The molecule has 0 heterocycles. The average Bonchev–Trinajstić information content (AvgIpc) is 2.33. The number of aryl methyl sites for hydroxylation is 1. The summed E-state index contributed by atoms with van der Waals surface area (Å²) < 4.78 is 0. The first-order valence-corrected chi connectivity index (χ1v) is 6.60. The van der Waals surface area contributed by atoms with Gasteiger partial charge in [0.1, 0.15) is 0 Å². The summed E-state index contributed by atoms with van der Waals surface area (Å²) in [6, 6.07) is 7.83. The van der Waals surface area contributed by atoms with E-state index in [0.29, 0.717) is 0 Å². The van der Waals surface area contributed by atoms with Gasteiger partial charge in [-0.05, 0) is 39.3 Å². The Morgan fingerprint density at radius 1 is 1.15 bits per heavy atom. The summed E-state index contributed by atoms with van der Waals surface area (Å²) in [5.74, 6) is -0.482. The van der Waals surface area contributed by atoms with Crippen LogP contribution >= 0.6 is 0 Å². The van der Waals surface area contributed by atoms with Crippen LogP contribution in [-0.4, -0.2) is 23.9 Å². The molecule has 0 fully saturated rings. The Morgan fingerprint density at radius 2 is 1.75 bits per heavy atom. The van der Waals surface area contributed by atoms with Crippen molar-refractivity contribution in [2.24, 2.45) is 0 Å². The zero-order valence-corrected chi connectivity index (χ0v) is 12.5. The monoisotopic (exact) mass is 274 g/mol. The van der Waals surface area contributed by atoms with E-state index in [4.69, 9.17) is 0 Å². The van der Waals surface area contributed by atoms with Crippen molar-refractivity contribution in [3.8, 4) is 0 Å². The molecule has 2 N–H and O–H groups in total. The van der Waals surface area contributed by atoms with Crippen molar-refractivity contribution in [3.05, 3.63) is 41.5 Å². The second kappa shape index (κ2) is 6.89. The van der Waals surface area contributed by atoms with Crippen molar-refractivity contribution in [1.29, 1.82) is 0 Å². The summed E-state index contributed by atoms with van der Waals surface area (Å²) in [5, 5.41) is 5.33. The van der Waals surface area contributed by atoms with Crippen LogP contribution in [0.25, 0.3) is 6.08 Å². The van der Waals surface area contributed by atoms with E-state index in [-0.39, 0.29) is 23.9 Å². The molecule has 2 amide bonds. The molecule has 0 radical (unpaired) electrons. The van der Waals surface area contributed by atoms with Crippen molar-refractivity contribution in [2.45, 2.75) is 33.2 Å². The molecule has 0 aliphatic carbocycles. The second-order valence-electron chi connectivity index (χ2n) is 5.76. The first-order valence-electron chi connectivity index (χ1n) is 6.60. The third kappa shape index (κ3) is 6.73. The molecule has 0 spiro atoms. The number of carbonyl (C=O) groups excluding carboxylic acids is 2. The van der Waals surface area contributed by atoms with Gasteiger partial charge in [-0.25, -0.2) is 0 Å². The Bertz CT molecular complexity index is 496. The molecule has 0 unspecified atom stereocenters. The molecule has 1 aromatic rings. The molecule has 0 aliphatic heterocycles. The van der Waals surface area contributed by atoms with Gasteiger partial charge in [0.05, 0.1) is 6.54 Å². The van der Waals surface area contributed by atoms with Crippen LogP contribution in [0, 0.1) is 6.92 Å². The highest BCUT2D eigenvalue weighted by atomic mass is 16.2. The highest BCUT2D eigenvalue weighted by molar-refractivity contribution is 5.94. The fourth-order valence-electron chi connectivity index (χ4n) is 1.54. The number of hydrogen-bond donors (Lipinski definition) is 2. The van der Waals surface area contributed by atoms with Gasteiger partial charge in [-0.1, -0.05) is 29.8 Å². The first kappa shape index (κ1) is 16.0. The van der Waals surface area contributed by atoms with Crippen LogP contribution in [-0.2, 0) is 9.59 Å². The Balaban J connectivity index is 2.40.